The molecule has 0 radical (unpaired) electrons. The largest absolute Gasteiger partial charge is 0.490 e. The molecule has 0 bridgehead atoms. The fourth-order valence-electron chi connectivity index (χ4n) is 3.10. The smallest absolute Gasteiger partial charge is 0.282 e. The van der Waals surface area contributed by atoms with Crippen LogP contribution in [0.5, 0.6) is 11.5 Å². The first kappa shape index (κ1) is 26.4. The monoisotopic (exact) mass is 656 g/mol. The maximum absolute atomic E-state index is 13.4. The van der Waals surface area contributed by atoms with Gasteiger partial charge in [0.25, 0.3) is 11.5 Å². The number of halogens is 3. The van der Waals surface area contributed by atoms with Gasteiger partial charge >= 0.3 is 0 Å². The van der Waals surface area contributed by atoms with Crippen LogP contribution >= 0.6 is 47.8 Å². The lowest BCUT2D eigenvalue weighted by molar-refractivity contribution is -0.119. The molecule has 0 fully saturated rings. The number of nitrogens with two attached hydrogens (primary N) is 1. The number of primary amides is 1. The molecule has 180 valence electrons. The zero-order valence-electron chi connectivity index (χ0n) is 19.0. The van der Waals surface area contributed by atoms with Crippen LogP contribution in [-0.4, -0.2) is 35.0 Å². The standard InChI is InChI=1S/C23H23Br3N4O4/c1-5-33-16-8-12(18(25)19(26)20(16)34-11-17(27)31)10-28-30-21(32)14-9-13(24)6-7-15(14)29-22(30)23(2,3)4/h6-10H,5,11H2,1-4H3,(H2,27,31). The topological polar surface area (TPSA) is 109 Å². The maximum atomic E-state index is 13.4. The number of hydrogen-bond donors (Lipinski definition) is 1. The van der Waals surface area contributed by atoms with Gasteiger partial charge in [0.2, 0.25) is 0 Å². The Hall–Kier alpha value is -2.24. The normalized spacial score (nSPS) is 11.9. The predicted molar refractivity (Wildman–Crippen MR) is 143 cm³/mol. The molecule has 3 aromatic rings. The summed E-state index contributed by atoms with van der Waals surface area (Å²) in [7, 11) is 0. The molecule has 1 aromatic heterocycles. The molecule has 0 aliphatic carbocycles. The first-order valence-corrected chi connectivity index (χ1v) is 12.6. The van der Waals surface area contributed by atoms with Crippen LogP contribution in [0, 0.1) is 0 Å². The minimum Gasteiger partial charge on any atom is -0.490 e. The van der Waals surface area contributed by atoms with Gasteiger partial charge in [0.1, 0.15) is 5.82 Å². The predicted octanol–water partition coefficient (Wildman–Crippen LogP) is 5.13. The van der Waals surface area contributed by atoms with Crippen LogP contribution in [0.4, 0.5) is 0 Å². The molecule has 3 rings (SSSR count). The Balaban J connectivity index is 2.18. The van der Waals surface area contributed by atoms with E-state index in [-0.39, 0.29) is 12.2 Å². The van der Waals surface area contributed by atoms with Crippen molar-refractivity contribution >= 4 is 70.8 Å². The van der Waals surface area contributed by atoms with E-state index >= 15 is 0 Å². The summed E-state index contributed by atoms with van der Waals surface area (Å²) < 4.78 is 14.4. The Morgan fingerprint density at radius 1 is 1.18 bits per heavy atom. The fourth-order valence-corrected chi connectivity index (χ4v) is 4.40. The van der Waals surface area contributed by atoms with Crippen molar-refractivity contribution in [1.29, 1.82) is 0 Å². The summed E-state index contributed by atoms with van der Waals surface area (Å²) >= 11 is 10.4. The molecule has 34 heavy (non-hydrogen) atoms. The number of ether oxygens (including phenoxy) is 2. The van der Waals surface area contributed by atoms with E-state index in [1.54, 1.807) is 18.2 Å². The molecule has 0 saturated heterocycles. The summed E-state index contributed by atoms with van der Waals surface area (Å²) in [5.41, 5.74) is 5.70. The van der Waals surface area contributed by atoms with Crippen LogP contribution in [0.15, 0.2) is 47.6 Å². The summed E-state index contributed by atoms with van der Waals surface area (Å²) in [6.07, 6.45) is 1.54. The average molecular weight is 659 g/mol. The zero-order chi connectivity index (χ0) is 25.2. The van der Waals surface area contributed by atoms with Gasteiger partial charge < -0.3 is 15.2 Å². The zero-order valence-corrected chi connectivity index (χ0v) is 23.7. The van der Waals surface area contributed by atoms with E-state index in [9.17, 15) is 9.59 Å². The van der Waals surface area contributed by atoms with Gasteiger partial charge in [-0.15, -0.1) is 0 Å². The third-order valence-corrected chi connectivity index (χ3v) is 7.24. The van der Waals surface area contributed by atoms with Gasteiger partial charge in [0.15, 0.2) is 18.1 Å². The van der Waals surface area contributed by atoms with E-state index in [0.29, 0.717) is 49.3 Å². The second-order valence-corrected chi connectivity index (χ2v) is 10.8. The minimum atomic E-state index is -0.611. The van der Waals surface area contributed by atoms with Crippen LogP contribution < -0.4 is 20.8 Å². The number of benzene rings is 2. The highest BCUT2D eigenvalue weighted by atomic mass is 79.9. The molecule has 2 aromatic carbocycles. The highest BCUT2D eigenvalue weighted by Crippen LogP contribution is 2.42. The summed E-state index contributed by atoms with van der Waals surface area (Å²) in [6, 6.07) is 7.08. The summed E-state index contributed by atoms with van der Waals surface area (Å²) in [5.74, 6) is 0.629. The third-order valence-electron chi connectivity index (χ3n) is 4.61. The van der Waals surface area contributed by atoms with Crippen LogP contribution in [-0.2, 0) is 10.2 Å². The molecule has 8 nitrogen and oxygen atoms in total. The van der Waals surface area contributed by atoms with Gasteiger partial charge in [-0.25, -0.2) is 4.98 Å². The van der Waals surface area contributed by atoms with Crippen molar-refractivity contribution in [2.45, 2.75) is 33.1 Å². The third kappa shape index (κ3) is 5.69. The van der Waals surface area contributed by atoms with Crippen molar-refractivity contribution in [3.63, 3.8) is 0 Å². The number of carbonyl (C=O) groups excluding carboxylic acids is 1. The van der Waals surface area contributed by atoms with Crippen molar-refractivity contribution in [2.24, 2.45) is 10.8 Å². The lowest BCUT2D eigenvalue weighted by Gasteiger charge is -2.21. The number of nitrogens with zero attached hydrogens (tertiary/aromatic N) is 3. The van der Waals surface area contributed by atoms with Crippen LogP contribution in [0.2, 0.25) is 0 Å². The van der Waals surface area contributed by atoms with E-state index in [4.69, 9.17) is 20.2 Å². The number of aromatic nitrogens is 2. The van der Waals surface area contributed by atoms with Crippen LogP contribution in [0.25, 0.3) is 10.9 Å². The number of rotatable bonds is 7. The van der Waals surface area contributed by atoms with Gasteiger partial charge in [-0.2, -0.15) is 9.78 Å². The van der Waals surface area contributed by atoms with E-state index in [1.807, 2.05) is 33.8 Å². The SMILES string of the molecule is CCOc1cc(C=Nn2c(C(C)(C)C)nc3ccc(Br)cc3c2=O)c(Br)c(Br)c1OCC(N)=O. The molecule has 11 heteroatoms. The highest BCUT2D eigenvalue weighted by Gasteiger charge is 2.23. The summed E-state index contributed by atoms with van der Waals surface area (Å²) in [6.45, 7) is 7.80. The number of amides is 1. The Kier molecular flexibility index (Phi) is 8.20. The number of fused-ring (bicyclic) bond motifs is 1. The number of hydrogen-bond acceptors (Lipinski definition) is 6. The molecule has 1 heterocycles. The Labute approximate surface area is 221 Å². The molecular weight excluding hydrogens is 636 g/mol. The quantitative estimate of drug-likeness (QED) is 0.355. The van der Waals surface area contributed by atoms with Crippen molar-refractivity contribution in [2.75, 3.05) is 13.2 Å². The molecule has 0 atom stereocenters. The first-order valence-electron chi connectivity index (χ1n) is 10.3. The van der Waals surface area contributed by atoms with E-state index < -0.39 is 11.3 Å². The molecule has 0 aliphatic heterocycles. The van der Waals surface area contributed by atoms with Crippen molar-refractivity contribution in [3.05, 3.63) is 59.4 Å². The van der Waals surface area contributed by atoms with Gasteiger partial charge in [0, 0.05) is 19.9 Å². The molecule has 2 N–H and O–H groups in total. The van der Waals surface area contributed by atoms with Gasteiger partial charge in [-0.1, -0.05) is 36.7 Å². The summed E-state index contributed by atoms with van der Waals surface area (Å²) in [4.78, 5) is 29.3. The maximum Gasteiger partial charge on any atom is 0.282 e. The van der Waals surface area contributed by atoms with E-state index in [2.05, 4.69) is 52.9 Å². The van der Waals surface area contributed by atoms with Crippen LogP contribution in [0.1, 0.15) is 39.1 Å². The fraction of sp³-hybridized carbons (Fsp3) is 0.304. The highest BCUT2D eigenvalue weighted by molar-refractivity contribution is 9.13. The second-order valence-electron chi connectivity index (χ2n) is 8.32. The molecule has 1 amide bonds. The number of carbonyl (C=O) groups is 1. The van der Waals surface area contributed by atoms with Crippen LogP contribution in [0.3, 0.4) is 0 Å². The average Bonchev–Trinajstić information content (AvgIpc) is 2.75. The van der Waals surface area contributed by atoms with Gasteiger partial charge in [0.05, 0.1) is 28.2 Å². The Morgan fingerprint density at radius 3 is 2.50 bits per heavy atom. The molecule has 0 spiro atoms. The first-order chi connectivity index (χ1) is 15.9. The molecule has 0 aliphatic rings. The Morgan fingerprint density at radius 2 is 1.88 bits per heavy atom. The van der Waals surface area contributed by atoms with Crippen molar-refractivity contribution in [1.82, 2.24) is 9.66 Å². The summed E-state index contributed by atoms with van der Waals surface area (Å²) in [5, 5.41) is 4.96. The molecular formula is C23H23Br3N4O4. The second kappa shape index (κ2) is 10.6. The van der Waals surface area contributed by atoms with Gasteiger partial charge in [-0.3, -0.25) is 9.59 Å². The Bertz CT molecular complexity index is 1350. The van der Waals surface area contributed by atoms with E-state index in [1.165, 1.54) is 10.9 Å². The minimum absolute atomic E-state index is 0.283. The molecule has 0 saturated carbocycles. The molecule has 0 unspecified atom stereocenters. The van der Waals surface area contributed by atoms with Gasteiger partial charge in [-0.05, 0) is 63.0 Å². The lowest BCUT2D eigenvalue weighted by atomic mass is 9.95. The van der Waals surface area contributed by atoms with Crippen molar-refractivity contribution in [3.8, 4) is 11.5 Å². The lowest BCUT2D eigenvalue weighted by Crippen LogP contribution is -2.29. The van der Waals surface area contributed by atoms with Crippen molar-refractivity contribution < 1.29 is 14.3 Å². The van der Waals surface area contributed by atoms with E-state index in [0.717, 1.165) is 4.47 Å².